The van der Waals surface area contributed by atoms with E-state index in [1.165, 1.54) is 19.3 Å². The molecule has 0 N–H and O–H groups in total. The first-order valence-corrected chi connectivity index (χ1v) is 5.09. The third-order valence-electron chi connectivity index (χ3n) is 2.01. The molecule has 0 aliphatic heterocycles. The van der Waals surface area contributed by atoms with E-state index in [1.807, 2.05) is 0 Å². The Morgan fingerprint density at radius 3 is 2.69 bits per heavy atom. The first-order valence-electron chi connectivity index (χ1n) is 7.09. The van der Waals surface area contributed by atoms with Gasteiger partial charge in [-0.05, 0) is 19.3 Å². The molecule has 0 spiro atoms. The highest BCUT2D eigenvalue weighted by molar-refractivity contribution is 5.89. The Morgan fingerprint density at radius 1 is 1.31 bits per heavy atom. The molecule has 0 heterocycles. The molecular formula is C12H22O. The fraction of sp³-hybridized carbons (Fsp3) is 0.750. The van der Waals surface area contributed by atoms with Crippen LogP contribution in [0.5, 0.6) is 0 Å². The molecule has 0 unspecified atom stereocenters. The minimum Gasteiger partial charge on any atom is -0.295 e. The van der Waals surface area contributed by atoms with E-state index in [0.717, 1.165) is 25.3 Å². The number of carbonyl (C=O) groups is 1. The zero-order valence-electron chi connectivity index (χ0n) is 12.4. The molecule has 0 fully saturated rings. The second-order valence-corrected chi connectivity index (χ2v) is 3.27. The third-order valence-corrected chi connectivity index (χ3v) is 2.01. The summed E-state index contributed by atoms with van der Waals surface area (Å²) in [5.41, 5.74) is 0. The molecule has 0 saturated carbocycles. The molecule has 0 aliphatic rings. The van der Waals surface area contributed by atoms with E-state index in [0.29, 0.717) is 6.42 Å². The monoisotopic (exact) mass is 186 g/mol. The number of allylic oxidation sites excluding steroid dienone is 2. The minimum absolute atomic E-state index is 0.249. The van der Waals surface area contributed by atoms with E-state index in [4.69, 9.17) is 5.48 Å². The number of hydrogen-bond acceptors (Lipinski definition) is 1. The summed E-state index contributed by atoms with van der Waals surface area (Å²) in [5.74, 6) is -0.249. The summed E-state index contributed by atoms with van der Waals surface area (Å²) in [6.45, 7) is -0.310. The van der Waals surface area contributed by atoms with Crippen LogP contribution in [0.1, 0.15) is 64.2 Å². The number of hydrogen-bond donors (Lipinski definition) is 0. The SMILES string of the molecule is [2H]/C(=C\C(=O)CCCCCCCC)C([2H])([2H])[2H]. The minimum atomic E-state index is -2.46. The van der Waals surface area contributed by atoms with Crippen molar-refractivity contribution in [2.45, 2.75) is 58.7 Å². The summed E-state index contributed by atoms with van der Waals surface area (Å²) in [4.78, 5) is 11.3. The van der Waals surface area contributed by atoms with E-state index in [9.17, 15) is 4.79 Å². The molecule has 0 aliphatic carbocycles. The highest BCUT2D eigenvalue weighted by Gasteiger charge is 1.95. The van der Waals surface area contributed by atoms with Gasteiger partial charge in [-0.2, -0.15) is 0 Å². The molecule has 0 amide bonds. The molecule has 1 nitrogen and oxygen atoms in total. The van der Waals surface area contributed by atoms with Gasteiger partial charge in [-0.25, -0.2) is 0 Å². The lowest BCUT2D eigenvalue weighted by molar-refractivity contribution is -0.114. The van der Waals surface area contributed by atoms with E-state index in [2.05, 4.69) is 6.92 Å². The molecule has 0 saturated heterocycles. The largest absolute Gasteiger partial charge is 0.295 e. The molecule has 0 aromatic rings. The molecule has 76 valence electrons. The van der Waals surface area contributed by atoms with Crippen LogP contribution in [-0.4, -0.2) is 5.78 Å². The van der Waals surface area contributed by atoms with Crippen molar-refractivity contribution in [3.8, 4) is 0 Å². The van der Waals surface area contributed by atoms with Crippen LogP contribution in [-0.2, 0) is 4.79 Å². The maximum Gasteiger partial charge on any atom is 0.155 e. The van der Waals surface area contributed by atoms with Crippen molar-refractivity contribution in [1.82, 2.24) is 0 Å². The number of ketones is 1. The molecule has 13 heavy (non-hydrogen) atoms. The summed E-state index contributed by atoms with van der Waals surface area (Å²) >= 11 is 0. The lowest BCUT2D eigenvalue weighted by atomic mass is 10.1. The molecule has 0 aromatic carbocycles. The average molecular weight is 186 g/mol. The van der Waals surface area contributed by atoms with E-state index in [1.54, 1.807) is 0 Å². The fourth-order valence-corrected chi connectivity index (χ4v) is 1.23. The van der Waals surface area contributed by atoms with Crippen LogP contribution in [0.3, 0.4) is 0 Å². The second-order valence-electron chi connectivity index (χ2n) is 3.27. The first kappa shape index (κ1) is 6.80. The van der Waals surface area contributed by atoms with Crippen molar-refractivity contribution >= 4 is 5.78 Å². The van der Waals surface area contributed by atoms with Crippen LogP contribution in [0.4, 0.5) is 0 Å². The van der Waals surface area contributed by atoms with Gasteiger partial charge < -0.3 is 0 Å². The zero-order valence-corrected chi connectivity index (χ0v) is 8.44. The fourth-order valence-electron chi connectivity index (χ4n) is 1.23. The van der Waals surface area contributed by atoms with Crippen LogP contribution < -0.4 is 0 Å². The van der Waals surface area contributed by atoms with Crippen LogP contribution in [0, 0.1) is 0 Å². The Bertz CT molecular complexity index is 256. The first-order chi connectivity index (χ1) is 7.88. The van der Waals surface area contributed by atoms with Gasteiger partial charge in [0.25, 0.3) is 0 Å². The van der Waals surface area contributed by atoms with Crippen LogP contribution in [0.2, 0.25) is 0 Å². The van der Waals surface area contributed by atoms with Crippen molar-refractivity contribution in [1.29, 1.82) is 0 Å². The summed E-state index contributed by atoms with van der Waals surface area (Å²) in [7, 11) is 0. The molecular weight excluding hydrogens is 160 g/mol. The maximum atomic E-state index is 11.3. The highest BCUT2D eigenvalue weighted by atomic mass is 16.1. The van der Waals surface area contributed by atoms with E-state index >= 15 is 0 Å². The third kappa shape index (κ3) is 9.32. The smallest absolute Gasteiger partial charge is 0.155 e. The molecule has 0 bridgehead atoms. The highest BCUT2D eigenvalue weighted by Crippen LogP contribution is 2.07. The van der Waals surface area contributed by atoms with Gasteiger partial charge in [0.2, 0.25) is 0 Å². The van der Waals surface area contributed by atoms with Gasteiger partial charge in [0.1, 0.15) is 0 Å². The summed E-state index contributed by atoms with van der Waals surface area (Å²) < 4.78 is 28.0. The predicted molar refractivity (Wildman–Crippen MR) is 57.8 cm³/mol. The van der Waals surface area contributed by atoms with Gasteiger partial charge in [-0.3, -0.25) is 4.79 Å². The number of carbonyl (C=O) groups excluding carboxylic acids is 1. The van der Waals surface area contributed by atoms with Crippen LogP contribution >= 0.6 is 0 Å². The Labute approximate surface area is 87.8 Å². The number of rotatable bonds is 8. The molecule has 0 aromatic heterocycles. The molecule has 0 rings (SSSR count). The van der Waals surface area contributed by atoms with Crippen molar-refractivity contribution in [2.75, 3.05) is 0 Å². The Morgan fingerprint density at radius 2 is 2.00 bits per heavy atom. The Balaban J connectivity index is 3.74. The lowest BCUT2D eigenvalue weighted by Gasteiger charge is -1.98. The van der Waals surface area contributed by atoms with Crippen LogP contribution in [0.15, 0.2) is 12.1 Å². The predicted octanol–water partition coefficient (Wildman–Crippen LogP) is 3.88. The Hall–Kier alpha value is -0.590. The summed E-state index contributed by atoms with van der Waals surface area (Å²) in [6.07, 6.45) is 7.82. The molecule has 0 radical (unpaired) electrons. The zero-order chi connectivity index (χ0) is 13.3. The molecule has 0 atom stereocenters. The average Bonchev–Trinajstić information content (AvgIpc) is 2.21. The van der Waals surface area contributed by atoms with Crippen LogP contribution in [0.25, 0.3) is 0 Å². The second kappa shape index (κ2) is 9.50. The topological polar surface area (TPSA) is 17.1 Å². The van der Waals surface area contributed by atoms with Gasteiger partial charge in [0.05, 0.1) is 1.37 Å². The quantitative estimate of drug-likeness (QED) is 0.415. The normalized spacial score (nSPS) is 17.2. The van der Waals surface area contributed by atoms with Crippen molar-refractivity contribution < 1.29 is 10.3 Å². The van der Waals surface area contributed by atoms with Gasteiger partial charge in [0, 0.05) is 10.5 Å². The van der Waals surface area contributed by atoms with Crippen molar-refractivity contribution in [3.05, 3.63) is 12.1 Å². The Kier molecular flexibility index (Phi) is 4.97. The standard InChI is InChI=1S/C12H22O/c1-3-5-6-7-8-9-11-12(13)10-4-2/h4,10H,3,5-9,11H2,1-2H3/b10-4+/i2D3,4D. The van der Waals surface area contributed by atoms with Gasteiger partial charge in [0.15, 0.2) is 5.78 Å². The van der Waals surface area contributed by atoms with Gasteiger partial charge in [-0.1, -0.05) is 45.1 Å². The van der Waals surface area contributed by atoms with Gasteiger partial charge >= 0.3 is 0 Å². The van der Waals surface area contributed by atoms with E-state index in [-0.39, 0.29) is 5.78 Å². The van der Waals surface area contributed by atoms with Crippen molar-refractivity contribution in [2.24, 2.45) is 0 Å². The molecule has 1 heteroatoms. The number of unbranched alkanes of at least 4 members (excludes halogenated alkanes) is 5. The van der Waals surface area contributed by atoms with Crippen molar-refractivity contribution in [3.63, 3.8) is 0 Å². The summed E-state index contributed by atoms with van der Waals surface area (Å²) in [6, 6.07) is -0.562. The van der Waals surface area contributed by atoms with E-state index < -0.39 is 12.9 Å². The lowest BCUT2D eigenvalue weighted by Crippen LogP contribution is -1.91. The maximum absolute atomic E-state index is 11.3. The van der Waals surface area contributed by atoms with Gasteiger partial charge in [-0.15, -0.1) is 0 Å². The summed E-state index contributed by atoms with van der Waals surface area (Å²) in [5, 5.41) is 0.